The summed E-state index contributed by atoms with van der Waals surface area (Å²) in [5.74, 6) is 0.296. The van der Waals surface area contributed by atoms with Crippen molar-refractivity contribution < 1.29 is 9.84 Å². The van der Waals surface area contributed by atoms with Gasteiger partial charge >= 0.3 is 0 Å². The van der Waals surface area contributed by atoms with Gasteiger partial charge in [0.1, 0.15) is 0 Å². The van der Waals surface area contributed by atoms with Crippen molar-refractivity contribution in [3.05, 3.63) is 0 Å². The molecule has 1 rings (SSSR count). The SMILES string of the molecule is CC(C)C(O)COC1CCC(C)(C)CC1. The predicted octanol–water partition coefficient (Wildman–Crippen LogP) is 2.99. The Labute approximate surface area is 94.0 Å². The van der Waals surface area contributed by atoms with E-state index in [1.807, 2.05) is 13.8 Å². The first-order chi connectivity index (χ1) is 6.91. The topological polar surface area (TPSA) is 29.5 Å². The van der Waals surface area contributed by atoms with Gasteiger partial charge in [0.2, 0.25) is 0 Å². The van der Waals surface area contributed by atoms with E-state index in [2.05, 4.69) is 13.8 Å². The van der Waals surface area contributed by atoms with Gasteiger partial charge in [0.15, 0.2) is 0 Å². The van der Waals surface area contributed by atoms with Gasteiger partial charge in [0.05, 0.1) is 18.8 Å². The Kier molecular flexibility index (Phi) is 4.60. The molecule has 90 valence electrons. The first-order valence-corrected chi connectivity index (χ1v) is 6.20. The molecule has 1 saturated carbocycles. The molecule has 0 radical (unpaired) electrons. The van der Waals surface area contributed by atoms with E-state index >= 15 is 0 Å². The molecule has 0 heterocycles. The average molecular weight is 214 g/mol. The molecule has 1 atom stereocenters. The number of ether oxygens (including phenoxy) is 1. The minimum atomic E-state index is -0.306. The number of aliphatic hydroxyl groups is 1. The molecule has 0 aromatic heterocycles. The van der Waals surface area contributed by atoms with Crippen LogP contribution in [0.15, 0.2) is 0 Å². The zero-order valence-corrected chi connectivity index (χ0v) is 10.6. The fraction of sp³-hybridized carbons (Fsp3) is 1.00. The maximum absolute atomic E-state index is 9.63. The zero-order chi connectivity index (χ0) is 11.5. The van der Waals surface area contributed by atoms with Crippen LogP contribution in [0, 0.1) is 11.3 Å². The van der Waals surface area contributed by atoms with Crippen molar-refractivity contribution in [3.8, 4) is 0 Å². The highest BCUT2D eigenvalue weighted by Crippen LogP contribution is 2.36. The minimum absolute atomic E-state index is 0.296. The van der Waals surface area contributed by atoms with Crippen LogP contribution in [0.2, 0.25) is 0 Å². The molecule has 1 aliphatic rings. The summed E-state index contributed by atoms with van der Waals surface area (Å²) in [5.41, 5.74) is 0.497. The lowest BCUT2D eigenvalue weighted by Gasteiger charge is -2.34. The first-order valence-electron chi connectivity index (χ1n) is 6.20. The van der Waals surface area contributed by atoms with E-state index in [1.54, 1.807) is 0 Å². The van der Waals surface area contributed by atoms with Crippen LogP contribution in [0.5, 0.6) is 0 Å². The monoisotopic (exact) mass is 214 g/mol. The van der Waals surface area contributed by atoms with Gasteiger partial charge in [-0.05, 0) is 37.0 Å². The molecule has 0 amide bonds. The van der Waals surface area contributed by atoms with Crippen molar-refractivity contribution in [1.82, 2.24) is 0 Å². The Morgan fingerprint density at radius 1 is 1.27 bits per heavy atom. The summed E-state index contributed by atoms with van der Waals surface area (Å²) in [4.78, 5) is 0. The molecule has 0 aliphatic heterocycles. The third kappa shape index (κ3) is 4.52. The highest BCUT2D eigenvalue weighted by molar-refractivity contribution is 4.79. The molecule has 2 nitrogen and oxygen atoms in total. The maximum atomic E-state index is 9.63. The molecule has 0 aromatic rings. The van der Waals surface area contributed by atoms with Gasteiger partial charge in [-0.2, -0.15) is 0 Å². The second kappa shape index (κ2) is 5.31. The molecule has 1 fully saturated rings. The molecule has 15 heavy (non-hydrogen) atoms. The highest BCUT2D eigenvalue weighted by atomic mass is 16.5. The Morgan fingerprint density at radius 3 is 2.27 bits per heavy atom. The van der Waals surface area contributed by atoms with Crippen LogP contribution in [0.4, 0.5) is 0 Å². The smallest absolute Gasteiger partial charge is 0.0796 e. The lowest BCUT2D eigenvalue weighted by atomic mass is 9.76. The number of rotatable bonds is 4. The zero-order valence-electron chi connectivity index (χ0n) is 10.6. The molecule has 1 unspecified atom stereocenters. The molecule has 0 bridgehead atoms. The summed E-state index contributed by atoms with van der Waals surface area (Å²) in [6, 6.07) is 0. The molecule has 1 N–H and O–H groups in total. The molecule has 2 heteroatoms. The molecular weight excluding hydrogens is 188 g/mol. The number of hydrogen-bond donors (Lipinski definition) is 1. The largest absolute Gasteiger partial charge is 0.390 e. The Morgan fingerprint density at radius 2 is 1.80 bits per heavy atom. The molecule has 0 saturated heterocycles. The summed E-state index contributed by atoms with van der Waals surface area (Å²) in [7, 11) is 0. The van der Waals surface area contributed by atoms with Crippen molar-refractivity contribution in [1.29, 1.82) is 0 Å². The third-order valence-electron chi connectivity index (χ3n) is 3.56. The van der Waals surface area contributed by atoms with Gasteiger partial charge < -0.3 is 9.84 Å². The minimum Gasteiger partial charge on any atom is -0.390 e. The summed E-state index contributed by atoms with van der Waals surface area (Å²) in [6.07, 6.45) is 4.87. The van der Waals surface area contributed by atoms with Crippen molar-refractivity contribution >= 4 is 0 Å². The van der Waals surface area contributed by atoms with Crippen molar-refractivity contribution in [2.75, 3.05) is 6.61 Å². The summed E-state index contributed by atoms with van der Waals surface area (Å²) in [6.45, 7) is 9.21. The third-order valence-corrected chi connectivity index (χ3v) is 3.56. The van der Waals surface area contributed by atoms with Crippen molar-refractivity contribution in [2.24, 2.45) is 11.3 Å². The van der Waals surface area contributed by atoms with Gasteiger partial charge in [-0.1, -0.05) is 27.7 Å². The van der Waals surface area contributed by atoms with Gasteiger partial charge in [-0.3, -0.25) is 0 Å². The second-order valence-electron chi connectivity index (χ2n) is 6.01. The van der Waals surface area contributed by atoms with Crippen molar-refractivity contribution in [3.63, 3.8) is 0 Å². The van der Waals surface area contributed by atoms with E-state index in [-0.39, 0.29) is 6.10 Å². The standard InChI is InChI=1S/C13H26O2/c1-10(2)12(14)9-15-11-5-7-13(3,4)8-6-11/h10-12,14H,5-9H2,1-4H3. The molecule has 0 aromatic carbocycles. The van der Waals surface area contributed by atoms with E-state index in [0.717, 1.165) is 12.8 Å². The fourth-order valence-corrected chi connectivity index (χ4v) is 1.97. The highest BCUT2D eigenvalue weighted by Gasteiger charge is 2.27. The van der Waals surface area contributed by atoms with E-state index in [4.69, 9.17) is 4.74 Å². The van der Waals surface area contributed by atoms with Gasteiger partial charge in [-0.25, -0.2) is 0 Å². The lowest BCUT2D eigenvalue weighted by Crippen LogP contribution is -2.30. The average Bonchev–Trinajstić information content (AvgIpc) is 2.15. The molecule has 1 aliphatic carbocycles. The van der Waals surface area contributed by atoms with Crippen molar-refractivity contribution in [2.45, 2.75) is 65.6 Å². The van der Waals surface area contributed by atoms with Gasteiger partial charge in [-0.15, -0.1) is 0 Å². The second-order valence-corrected chi connectivity index (χ2v) is 6.01. The Balaban J connectivity index is 2.19. The molecule has 0 spiro atoms. The van der Waals surface area contributed by atoms with Gasteiger partial charge in [0.25, 0.3) is 0 Å². The van der Waals surface area contributed by atoms with Crippen LogP contribution < -0.4 is 0 Å². The summed E-state index contributed by atoms with van der Waals surface area (Å²) in [5, 5.41) is 9.63. The lowest BCUT2D eigenvalue weighted by molar-refractivity contribution is -0.0487. The summed E-state index contributed by atoms with van der Waals surface area (Å²) >= 11 is 0. The van der Waals surface area contributed by atoms with E-state index < -0.39 is 0 Å². The molecular formula is C13H26O2. The first kappa shape index (κ1) is 13.0. The maximum Gasteiger partial charge on any atom is 0.0796 e. The van der Waals surface area contributed by atoms with E-state index in [0.29, 0.717) is 24.0 Å². The number of aliphatic hydroxyl groups excluding tert-OH is 1. The van der Waals surface area contributed by atoms with Crippen LogP contribution >= 0.6 is 0 Å². The predicted molar refractivity (Wildman–Crippen MR) is 62.8 cm³/mol. The van der Waals surface area contributed by atoms with Crippen LogP contribution in [0.1, 0.15) is 53.4 Å². The fourth-order valence-electron chi connectivity index (χ4n) is 1.97. The summed E-state index contributed by atoms with van der Waals surface area (Å²) < 4.78 is 5.75. The quantitative estimate of drug-likeness (QED) is 0.779. The number of hydrogen-bond acceptors (Lipinski definition) is 2. The van der Waals surface area contributed by atoms with Crippen LogP contribution in [0.25, 0.3) is 0 Å². The Hall–Kier alpha value is -0.0800. The van der Waals surface area contributed by atoms with Crippen LogP contribution in [0.3, 0.4) is 0 Å². The van der Waals surface area contributed by atoms with Crippen LogP contribution in [-0.4, -0.2) is 23.9 Å². The Bertz CT molecular complexity index is 177. The van der Waals surface area contributed by atoms with Gasteiger partial charge in [0, 0.05) is 0 Å². The van der Waals surface area contributed by atoms with E-state index in [1.165, 1.54) is 12.8 Å². The van der Waals surface area contributed by atoms with Crippen LogP contribution in [-0.2, 0) is 4.74 Å². The van der Waals surface area contributed by atoms with E-state index in [9.17, 15) is 5.11 Å². The normalized spacial score (nSPS) is 24.4.